The van der Waals surface area contributed by atoms with Crippen LogP contribution in [0.2, 0.25) is 0 Å². The molecule has 1 aliphatic rings. The average Bonchev–Trinajstić information content (AvgIpc) is 3.26. The molecule has 9 heteroatoms. The van der Waals surface area contributed by atoms with Gasteiger partial charge >= 0.3 is 11.9 Å². The van der Waals surface area contributed by atoms with Gasteiger partial charge in [-0.1, -0.05) is 49.6 Å². The van der Waals surface area contributed by atoms with Gasteiger partial charge in [0, 0.05) is 10.8 Å². The summed E-state index contributed by atoms with van der Waals surface area (Å²) >= 11 is 1.21. The third-order valence-corrected chi connectivity index (χ3v) is 6.44. The smallest absolute Gasteiger partial charge is 0.350 e. The maximum atomic E-state index is 12.4. The Kier molecular flexibility index (Phi) is 9.00. The van der Waals surface area contributed by atoms with Crippen LogP contribution in [0.1, 0.15) is 48.7 Å². The van der Waals surface area contributed by atoms with Gasteiger partial charge in [0.05, 0.1) is 12.3 Å². The Hall–Kier alpha value is -3.20. The molecule has 1 fully saturated rings. The minimum absolute atomic E-state index is 0.0615. The molecule has 1 aromatic heterocycles. The van der Waals surface area contributed by atoms with E-state index >= 15 is 0 Å². The number of benzene rings is 1. The Balaban J connectivity index is 1.54. The van der Waals surface area contributed by atoms with Gasteiger partial charge in [-0.05, 0) is 31.4 Å². The fourth-order valence-electron chi connectivity index (χ4n) is 3.63. The molecule has 1 aliphatic carbocycles. The Bertz CT molecular complexity index is 982. The van der Waals surface area contributed by atoms with Crippen molar-refractivity contribution in [3.63, 3.8) is 0 Å². The van der Waals surface area contributed by atoms with Crippen molar-refractivity contribution in [1.29, 1.82) is 0 Å². The highest BCUT2D eigenvalue weighted by atomic mass is 32.1. The fourth-order valence-corrected chi connectivity index (χ4v) is 4.64. The van der Waals surface area contributed by atoms with Crippen LogP contribution in [-0.4, -0.2) is 43.5 Å². The molecule has 0 atom stereocenters. The van der Waals surface area contributed by atoms with E-state index in [0.717, 1.165) is 42.5 Å². The van der Waals surface area contributed by atoms with Crippen molar-refractivity contribution in [3.8, 4) is 10.4 Å². The molecule has 2 N–H and O–H groups in total. The zero-order valence-electron chi connectivity index (χ0n) is 18.6. The first kappa shape index (κ1) is 24.4. The molecule has 33 heavy (non-hydrogen) atoms. The second-order valence-corrected chi connectivity index (χ2v) is 8.75. The quantitative estimate of drug-likeness (QED) is 0.538. The summed E-state index contributed by atoms with van der Waals surface area (Å²) in [5, 5.41) is 5.20. The Morgan fingerprint density at radius 3 is 2.45 bits per heavy atom. The summed E-state index contributed by atoms with van der Waals surface area (Å²) in [6, 6.07) is 11.1. The second-order valence-electron chi connectivity index (χ2n) is 7.70. The number of thiophene rings is 1. The molecule has 1 saturated carbocycles. The van der Waals surface area contributed by atoms with E-state index in [1.54, 1.807) is 13.0 Å². The highest BCUT2D eigenvalue weighted by molar-refractivity contribution is 7.18. The maximum absolute atomic E-state index is 12.4. The van der Waals surface area contributed by atoms with E-state index in [1.165, 1.54) is 11.3 Å². The van der Waals surface area contributed by atoms with Crippen LogP contribution in [0.25, 0.3) is 10.4 Å². The molecule has 0 aliphatic heterocycles. The monoisotopic (exact) mass is 472 g/mol. The van der Waals surface area contributed by atoms with E-state index in [4.69, 9.17) is 9.47 Å². The lowest BCUT2D eigenvalue weighted by Gasteiger charge is -2.20. The van der Waals surface area contributed by atoms with Crippen molar-refractivity contribution in [3.05, 3.63) is 41.3 Å². The van der Waals surface area contributed by atoms with E-state index < -0.39 is 24.5 Å². The molecule has 3 rings (SSSR count). The first-order valence-corrected chi connectivity index (χ1v) is 11.9. The maximum Gasteiger partial charge on any atom is 0.350 e. The van der Waals surface area contributed by atoms with E-state index in [-0.39, 0.29) is 29.9 Å². The normalized spacial score (nSPS) is 13.7. The van der Waals surface area contributed by atoms with Gasteiger partial charge in [0.1, 0.15) is 11.4 Å². The minimum Gasteiger partial charge on any atom is -0.462 e. The molecular formula is C24H28N2O6S. The molecule has 0 spiro atoms. The largest absolute Gasteiger partial charge is 0.462 e. The number of ether oxygens (including phenoxy) is 2. The molecule has 2 amide bonds. The molecule has 176 valence electrons. The van der Waals surface area contributed by atoms with Gasteiger partial charge in [-0.25, -0.2) is 4.79 Å². The summed E-state index contributed by atoms with van der Waals surface area (Å²) in [7, 11) is 0. The molecule has 0 saturated heterocycles. The number of hydrogen-bond acceptors (Lipinski definition) is 7. The second kappa shape index (κ2) is 12.2. The van der Waals surface area contributed by atoms with Gasteiger partial charge in [0.2, 0.25) is 5.91 Å². The number of carbonyl (C=O) groups excluding carboxylic acids is 4. The van der Waals surface area contributed by atoms with Gasteiger partial charge in [0.15, 0.2) is 6.61 Å². The number of hydrogen-bond donors (Lipinski definition) is 2. The lowest BCUT2D eigenvalue weighted by Crippen LogP contribution is -2.36. The van der Waals surface area contributed by atoms with Crippen molar-refractivity contribution >= 4 is 40.8 Å². The van der Waals surface area contributed by atoms with Crippen LogP contribution in [0.4, 0.5) is 5.69 Å². The highest BCUT2D eigenvalue weighted by Gasteiger charge is 2.22. The van der Waals surface area contributed by atoms with E-state index in [1.807, 2.05) is 30.3 Å². The first-order chi connectivity index (χ1) is 16.0. The van der Waals surface area contributed by atoms with Crippen LogP contribution in [-0.2, 0) is 23.9 Å². The Morgan fingerprint density at radius 1 is 1.03 bits per heavy atom. The lowest BCUT2D eigenvalue weighted by atomic mass is 9.89. The fraction of sp³-hybridized carbons (Fsp3) is 0.417. The summed E-state index contributed by atoms with van der Waals surface area (Å²) < 4.78 is 10.1. The molecule has 0 bridgehead atoms. The standard InChI is InChI=1S/C24H28N2O6S/c1-2-31-24(30)22-18(13-19(33-22)16-9-5-3-6-10-16)26-20(27)15-32-21(28)14-25-23(29)17-11-7-4-8-12-17/h3,5-6,9-10,13,17H,2,4,7-8,11-12,14-15H2,1H3,(H,25,29)(H,26,27). The molecule has 0 radical (unpaired) electrons. The Morgan fingerprint density at radius 2 is 1.76 bits per heavy atom. The number of amides is 2. The van der Waals surface area contributed by atoms with E-state index in [9.17, 15) is 19.2 Å². The van der Waals surface area contributed by atoms with Crippen LogP contribution < -0.4 is 10.6 Å². The molecule has 1 heterocycles. The third-order valence-electron chi connectivity index (χ3n) is 5.27. The van der Waals surface area contributed by atoms with Crippen molar-refractivity contribution in [2.75, 3.05) is 25.1 Å². The van der Waals surface area contributed by atoms with Crippen LogP contribution in [0.15, 0.2) is 36.4 Å². The zero-order chi connectivity index (χ0) is 23.6. The Labute approximate surface area is 196 Å². The van der Waals surface area contributed by atoms with Gasteiger partial charge in [-0.15, -0.1) is 11.3 Å². The predicted molar refractivity (Wildman–Crippen MR) is 125 cm³/mol. The first-order valence-electron chi connectivity index (χ1n) is 11.1. The molecule has 1 aromatic carbocycles. The molecule has 8 nitrogen and oxygen atoms in total. The topological polar surface area (TPSA) is 111 Å². The van der Waals surface area contributed by atoms with Crippen molar-refractivity contribution in [2.45, 2.75) is 39.0 Å². The van der Waals surface area contributed by atoms with E-state index in [0.29, 0.717) is 5.69 Å². The zero-order valence-corrected chi connectivity index (χ0v) is 19.4. The predicted octanol–water partition coefficient (Wildman–Crippen LogP) is 3.77. The highest BCUT2D eigenvalue weighted by Crippen LogP contribution is 2.35. The summed E-state index contributed by atoms with van der Waals surface area (Å²) in [4.78, 5) is 49.8. The van der Waals surface area contributed by atoms with Crippen LogP contribution in [0.5, 0.6) is 0 Å². The van der Waals surface area contributed by atoms with Crippen molar-refractivity contribution in [2.24, 2.45) is 5.92 Å². The van der Waals surface area contributed by atoms with Gasteiger partial charge < -0.3 is 20.1 Å². The number of carbonyl (C=O) groups is 4. The SMILES string of the molecule is CCOC(=O)c1sc(-c2ccccc2)cc1NC(=O)COC(=O)CNC(=O)C1CCCCC1. The van der Waals surface area contributed by atoms with Crippen molar-refractivity contribution < 1.29 is 28.7 Å². The minimum atomic E-state index is -0.699. The van der Waals surface area contributed by atoms with Gasteiger partial charge in [-0.2, -0.15) is 0 Å². The van der Waals surface area contributed by atoms with Crippen LogP contribution >= 0.6 is 11.3 Å². The number of nitrogens with one attached hydrogen (secondary N) is 2. The lowest BCUT2D eigenvalue weighted by molar-refractivity contribution is -0.147. The van der Waals surface area contributed by atoms with Crippen LogP contribution in [0.3, 0.4) is 0 Å². The molecule has 0 unspecified atom stereocenters. The van der Waals surface area contributed by atoms with E-state index in [2.05, 4.69) is 10.6 Å². The molecule has 2 aromatic rings. The van der Waals surface area contributed by atoms with Crippen molar-refractivity contribution in [1.82, 2.24) is 5.32 Å². The summed E-state index contributed by atoms with van der Waals surface area (Å²) in [5.74, 6) is -2.04. The molecular weight excluding hydrogens is 444 g/mol. The summed E-state index contributed by atoms with van der Waals surface area (Å²) in [6.45, 7) is 1.09. The third kappa shape index (κ3) is 7.15. The summed E-state index contributed by atoms with van der Waals surface area (Å²) in [5.41, 5.74) is 1.19. The number of rotatable bonds is 9. The average molecular weight is 473 g/mol. The van der Waals surface area contributed by atoms with Gasteiger partial charge in [0.25, 0.3) is 5.91 Å². The van der Waals surface area contributed by atoms with Crippen LogP contribution in [0, 0.1) is 5.92 Å². The number of anilines is 1. The number of esters is 2. The van der Waals surface area contributed by atoms with Gasteiger partial charge in [-0.3, -0.25) is 14.4 Å². The summed E-state index contributed by atoms with van der Waals surface area (Å²) in [6.07, 6.45) is 4.83.